The molecule has 0 saturated heterocycles. The van der Waals surface area contributed by atoms with Gasteiger partial charge in [-0.15, -0.1) is 0 Å². The van der Waals surface area contributed by atoms with E-state index < -0.39 is 24.3 Å². The normalized spacial score (nSPS) is 16.6. The number of carbonyl (C=O) groups is 1. The van der Waals surface area contributed by atoms with E-state index in [1.807, 2.05) is 12.2 Å². The van der Waals surface area contributed by atoms with Crippen LogP contribution in [0.1, 0.15) is 39.0 Å². The SMILES string of the molecule is CCC=CCC=CC[C@H](O)C(O)C=CC=CC=CC=C[C@@H](O)CCC(=O)O. The second-order valence-corrected chi connectivity index (χ2v) is 5.92. The molecule has 0 spiro atoms. The number of hydrogen-bond donors (Lipinski definition) is 4. The van der Waals surface area contributed by atoms with E-state index in [9.17, 15) is 20.1 Å². The van der Waals surface area contributed by atoms with Gasteiger partial charge in [0.2, 0.25) is 0 Å². The zero-order valence-electron chi connectivity index (χ0n) is 15.9. The first kappa shape index (κ1) is 24.8. The first-order chi connectivity index (χ1) is 13.0. The Morgan fingerprint density at radius 3 is 2.07 bits per heavy atom. The van der Waals surface area contributed by atoms with Gasteiger partial charge >= 0.3 is 5.97 Å². The highest BCUT2D eigenvalue weighted by atomic mass is 16.4. The van der Waals surface area contributed by atoms with Crippen LogP contribution >= 0.6 is 0 Å². The van der Waals surface area contributed by atoms with Crippen molar-refractivity contribution in [3.05, 3.63) is 72.9 Å². The third kappa shape index (κ3) is 17.0. The van der Waals surface area contributed by atoms with Gasteiger partial charge in [0, 0.05) is 6.42 Å². The van der Waals surface area contributed by atoms with Crippen LogP contribution in [0.3, 0.4) is 0 Å². The Bertz CT molecular complexity index is 555. The molecule has 0 saturated carbocycles. The average molecular weight is 376 g/mol. The molecule has 0 rings (SSSR count). The minimum atomic E-state index is -0.932. The Kier molecular flexibility index (Phi) is 15.8. The Hall–Kier alpha value is -2.21. The number of carboxylic acid groups (broad SMARTS) is 1. The van der Waals surface area contributed by atoms with Gasteiger partial charge in [-0.2, -0.15) is 0 Å². The van der Waals surface area contributed by atoms with Gasteiger partial charge in [0.05, 0.1) is 18.3 Å². The zero-order valence-corrected chi connectivity index (χ0v) is 15.9. The van der Waals surface area contributed by atoms with E-state index in [0.717, 1.165) is 12.8 Å². The average Bonchev–Trinajstić information content (AvgIpc) is 2.64. The fourth-order valence-corrected chi connectivity index (χ4v) is 1.94. The summed E-state index contributed by atoms with van der Waals surface area (Å²) in [5.74, 6) is -0.930. The molecule has 0 aromatic heterocycles. The van der Waals surface area contributed by atoms with Crippen molar-refractivity contribution in [2.24, 2.45) is 0 Å². The van der Waals surface area contributed by atoms with E-state index in [4.69, 9.17) is 5.11 Å². The van der Waals surface area contributed by atoms with Crippen LogP contribution in [-0.2, 0) is 4.79 Å². The fraction of sp³-hybridized carbons (Fsp3) is 0.409. The number of hydrogen-bond acceptors (Lipinski definition) is 4. The lowest BCUT2D eigenvalue weighted by Crippen LogP contribution is -2.22. The molecular weight excluding hydrogens is 344 g/mol. The van der Waals surface area contributed by atoms with Crippen molar-refractivity contribution in [2.75, 3.05) is 0 Å². The van der Waals surface area contributed by atoms with Gasteiger partial charge in [-0.3, -0.25) is 4.79 Å². The van der Waals surface area contributed by atoms with E-state index >= 15 is 0 Å². The van der Waals surface area contributed by atoms with Crippen molar-refractivity contribution in [3.63, 3.8) is 0 Å². The highest BCUT2D eigenvalue weighted by Crippen LogP contribution is 2.03. The van der Waals surface area contributed by atoms with Gasteiger partial charge in [-0.05, 0) is 25.7 Å². The van der Waals surface area contributed by atoms with Crippen LogP contribution in [0, 0.1) is 0 Å². The molecule has 0 aliphatic carbocycles. The Morgan fingerprint density at radius 2 is 1.44 bits per heavy atom. The predicted octanol–water partition coefficient (Wildman–Crippen LogP) is 3.46. The van der Waals surface area contributed by atoms with Crippen molar-refractivity contribution in [3.8, 4) is 0 Å². The highest BCUT2D eigenvalue weighted by Gasteiger charge is 2.10. The maximum atomic E-state index is 10.4. The molecule has 3 atom stereocenters. The zero-order chi connectivity index (χ0) is 20.3. The second kappa shape index (κ2) is 17.2. The van der Waals surface area contributed by atoms with E-state index in [2.05, 4.69) is 19.1 Å². The molecular formula is C22H32O5. The molecule has 5 heteroatoms. The smallest absolute Gasteiger partial charge is 0.303 e. The lowest BCUT2D eigenvalue weighted by molar-refractivity contribution is -0.137. The molecule has 0 aliphatic heterocycles. The summed E-state index contributed by atoms with van der Waals surface area (Å²) in [6.45, 7) is 2.07. The van der Waals surface area contributed by atoms with Crippen molar-refractivity contribution in [1.82, 2.24) is 0 Å². The van der Waals surface area contributed by atoms with Gasteiger partial charge in [-0.1, -0.05) is 79.8 Å². The molecule has 0 aliphatic rings. The van der Waals surface area contributed by atoms with Gasteiger partial charge in [0.25, 0.3) is 0 Å². The van der Waals surface area contributed by atoms with Crippen LogP contribution in [0.15, 0.2) is 72.9 Å². The lowest BCUT2D eigenvalue weighted by Gasteiger charge is -2.11. The van der Waals surface area contributed by atoms with Crippen molar-refractivity contribution in [1.29, 1.82) is 0 Å². The number of aliphatic hydroxyl groups is 3. The van der Waals surface area contributed by atoms with Gasteiger partial charge in [0.1, 0.15) is 0 Å². The Morgan fingerprint density at radius 1 is 0.852 bits per heavy atom. The third-order valence-corrected chi connectivity index (χ3v) is 3.46. The summed E-state index contributed by atoms with van der Waals surface area (Å²) in [4.78, 5) is 10.4. The number of rotatable bonds is 14. The van der Waals surface area contributed by atoms with Crippen LogP contribution in [0.4, 0.5) is 0 Å². The molecule has 0 bridgehead atoms. The number of allylic oxidation sites excluding steroid dienone is 9. The molecule has 0 amide bonds. The van der Waals surface area contributed by atoms with Crippen molar-refractivity contribution < 1.29 is 25.2 Å². The molecule has 150 valence electrons. The minimum Gasteiger partial charge on any atom is -0.481 e. The van der Waals surface area contributed by atoms with Crippen molar-refractivity contribution >= 4 is 5.97 Å². The molecule has 1 unspecified atom stereocenters. The molecule has 0 heterocycles. The summed E-state index contributed by atoms with van der Waals surface area (Å²) in [5, 5.41) is 37.7. The van der Waals surface area contributed by atoms with Gasteiger partial charge in [-0.25, -0.2) is 0 Å². The Labute approximate surface area is 162 Å². The number of aliphatic carboxylic acids is 1. The van der Waals surface area contributed by atoms with E-state index in [0.29, 0.717) is 6.42 Å². The quantitative estimate of drug-likeness (QED) is 0.275. The summed E-state index contributed by atoms with van der Waals surface area (Å²) in [7, 11) is 0. The van der Waals surface area contributed by atoms with Crippen LogP contribution in [0.5, 0.6) is 0 Å². The second-order valence-electron chi connectivity index (χ2n) is 5.92. The van der Waals surface area contributed by atoms with E-state index in [-0.39, 0.29) is 12.8 Å². The topological polar surface area (TPSA) is 98.0 Å². The molecule has 0 fully saturated rings. The largest absolute Gasteiger partial charge is 0.481 e. The van der Waals surface area contributed by atoms with Gasteiger partial charge in [0.15, 0.2) is 0 Å². The van der Waals surface area contributed by atoms with Crippen LogP contribution in [-0.4, -0.2) is 44.7 Å². The third-order valence-electron chi connectivity index (χ3n) is 3.46. The summed E-state index contributed by atoms with van der Waals surface area (Å²) >= 11 is 0. The molecule has 5 nitrogen and oxygen atoms in total. The van der Waals surface area contributed by atoms with E-state index in [1.54, 1.807) is 36.5 Å². The van der Waals surface area contributed by atoms with Crippen LogP contribution in [0.2, 0.25) is 0 Å². The standard InChI is InChI=1S/C22H32O5/c1-2-3-4-5-9-12-15-20(24)21(25)16-13-10-7-6-8-11-14-19(23)17-18-22(26)27/h3-4,6-14,16,19-21,23-25H,2,5,15,17-18H2,1H3,(H,26,27)/t19-,20+,21?/m1/s1. The fourth-order valence-electron chi connectivity index (χ4n) is 1.94. The van der Waals surface area contributed by atoms with Crippen LogP contribution in [0.25, 0.3) is 0 Å². The summed E-state index contributed by atoms with van der Waals surface area (Å²) in [6, 6.07) is 0. The number of carboxylic acids is 1. The summed E-state index contributed by atoms with van der Waals surface area (Å²) in [6.07, 6.45) is 21.0. The first-order valence-electron chi connectivity index (χ1n) is 9.21. The van der Waals surface area contributed by atoms with Crippen LogP contribution < -0.4 is 0 Å². The molecule has 27 heavy (non-hydrogen) atoms. The van der Waals surface area contributed by atoms with Gasteiger partial charge < -0.3 is 20.4 Å². The summed E-state index contributed by atoms with van der Waals surface area (Å²) < 4.78 is 0. The van der Waals surface area contributed by atoms with E-state index in [1.165, 1.54) is 12.2 Å². The number of aliphatic hydroxyl groups excluding tert-OH is 3. The maximum absolute atomic E-state index is 10.4. The maximum Gasteiger partial charge on any atom is 0.303 e. The monoisotopic (exact) mass is 376 g/mol. The predicted molar refractivity (Wildman–Crippen MR) is 109 cm³/mol. The molecule has 0 aromatic carbocycles. The molecule has 0 aromatic rings. The first-order valence-corrected chi connectivity index (χ1v) is 9.21. The minimum absolute atomic E-state index is 0.0696. The highest BCUT2D eigenvalue weighted by molar-refractivity contribution is 5.66. The molecule has 4 N–H and O–H groups in total. The Balaban J connectivity index is 4.06. The summed E-state index contributed by atoms with van der Waals surface area (Å²) in [5.41, 5.74) is 0. The lowest BCUT2D eigenvalue weighted by atomic mass is 10.1. The molecule has 0 radical (unpaired) electrons. The van der Waals surface area contributed by atoms with Crippen molar-refractivity contribution in [2.45, 2.75) is 57.3 Å².